The average molecular weight is 517 g/mol. The Morgan fingerprint density at radius 1 is 0.838 bits per heavy atom. The van der Waals surface area contributed by atoms with Gasteiger partial charge in [-0.1, -0.05) is 41.9 Å². The lowest BCUT2D eigenvalue weighted by molar-refractivity contribution is -0.118. The van der Waals surface area contributed by atoms with Crippen molar-refractivity contribution in [3.8, 4) is 23.0 Å². The molecule has 0 aliphatic heterocycles. The first kappa shape index (κ1) is 25.9. The number of halogens is 1. The summed E-state index contributed by atoms with van der Waals surface area (Å²) in [5, 5.41) is 6.79. The predicted octanol–water partition coefficient (Wildman–Crippen LogP) is 7.47. The number of hydrogen-bond acceptors (Lipinski definition) is 5. The molecule has 0 radical (unpaired) electrons. The van der Waals surface area contributed by atoms with Crippen molar-refractivity contribution < 1.29 is 19.0 Å². The molecule has 2 N–H and O–H groups in total. The molecular formula is C30H29ClN2O4. The minimum Gasteiger partial charge on any atom is -0.490 e. The Kier molecular flexibility index (Phi) is 8.89. The Bertz CT molecular complexity index is 1330. The van der Waals surface area contributed by atoms with E-state index in [0.717, 1.165) is 28.3 Å². The van der Waals surface area contributed by atoms with Crippen LogP contribution in [0.25, 0.3) is 0 Å². The molecule has 0 bridgehead atoms. The molecule has 0 saturated carbocycles. The Morgan fingerprint density at radius 3 is 2.35 bits per heavy atom. The van der Waals surface area contributed by atoms with Crippen molar-refractivity contribution >= 4 is 28.9 Å². The van der Waals surface area contributed by atoms with Gasteiger partial charge in [0.15, 0.2) is 18.1 Å². The van der Waals surface area contributed by atoms with Gasteiger partial charge in [0.25, 0.3) is 5.91 Å². The largest absolute Gasteiger partial charge is 0.490 e. The number of rotatable bonds is 11. The number of nitrogens with one attached hydrogen (secondary N) is 2. The Balaban J connectivity index is 1.33. The third-order valence-electron chi connectivity index (χ3n) is 5.47. The van der Waals surface area contributed by atoms with Crippen LogP contribution in [0.4, 0.5) is 11.4 Å². The first-order valence-electron chi connectivity index (χ1n) is 12.0. The van der Waals surface area contributed by atoms with E-state index in [9.17, 15) is 4.79 Å². The lowest BCUT2D eigenvalue weighted by atomic mass is 10.2. The molecule has 4 rings (SSSR count). The van der Waals surface area contributed by atoms with E-state index in [4.69, 9.17) is 25.8 Å². The predicted molar refractivity (Wildman–Crippen MR) is 148 cm³/mol. The fraction of sp³-hybridized carbons (Fsp3) is 0.167. The highest BCUT2D eigenvalue weighted by Gasteiger charge is 2.11. The minimum absolute atomic E-state index is 0.152. The van der Waals surface area contributed by atoms with E-state index in [0.29, 0.717) is 35.4 Å². The van der Waals surface area contributed by atoms with Gasteiger partial charge in [-0.05, 0) is 85.6 Å². The highest BCUT2D eigenvalue weighted by Crippen LogP contribution is 2.29. The van der Waals surface area contributed by atoms with E-state index in [1.54, 1.807) is 12.1 Å². The van der Waals surface area contributed by atoms with Crippen molar-refractivity contribution in [2.24, 2.45) is 0 Å². The standard InChI is InChI=1S/C30H29ClN2O4/c1-3-35-29-17-22(19-32-24-12-14-26(15-13-24)37-25-7-5-4-6-8-25)10-16-28(29)36-20-30(34)33-27-18-23(31)11-9-21(27)2/h4-18,32H,3,19-20H2,1-2H3,(H,33,34). The molecule has 37 heavy (non-hydrogen) atoms. The number of amides is 1. The zero-order chi connectivity index (χ0) is 26.0. The highest BCUT2D eigenvalue weighted by molar-refractivity contribution is 6.31. The molecule has 7 heteroatoms. The van der Waals surface area contributed by atoms with Gasteiger partial charge in [-0.25, -0.2) is 0 Å². The van der Waals surface area contributed by atoms with Crippen LogP contribution in [0.15, 0.2) is 91.0 Å². The van der Waals surface area contributed by atoms with E-state index >= 15 is 0 Å². The van der Waals surface area contributed by atoms with Crippen molar-refractivity contribution in [2.45, 2.75) is 20.4 Å². The van der Waals surface area contributed by atoms with Crippen LogP contribution >= 0.6 is 11.6 Å². The summed E-state index contributed by atoms with van der Waals surface area (Å²) in [6.45, 7) is 4.72. The van der Waals surface area contributed by atoms with Gasteiger partial charge in [0.1, 0.15) is 11.5 Å². The van der Waals surface area contributed by atoms with Gasteiger partial charge >= 0.3 is 0 Å². The molecule has 0 heterocycles. The molecule has 190 valence electrons. The molecule has 0 spiro atoms. The van der Waals surface area contributed by atoms with Crippen molar-refractivity contribution in [3.63, 3.8) is 0 Å². The van der Waals surface area contributed by atoms with Crippen molar-refractivity contribution in [2.75, 3.05) is 23.8 Å². The van der Waals surface area contributed by atoms with Gasteiger partial charge in [-0.2, -0.15) is 0 Å². The van der Waals surface area contributed by atoms with Crippen LogP contribution < -0.4 is 24.8 Å². The quantitative estimate of drug-likeness (QED) is 0.216. The summed E-state index contributed by atoms with van der Waals surface area (Å²) in [5.41, 5.74) is 3.56. The van der Waals surface area contributed by atoms with E-state index in [1.165, 1.54) is 0 Å². The van der Waals surface area contributed by atoms with Crippen molar-refractivity contribution in [3.05, 3.63) is 107 Å². The number of carbonyl (C=O) groups is 1. The van der Waals surface area contributed by atoms with Crippen molar-refractivity contribution in [1.29, 1.82) is 0 Å². The Morgan fingerprint density at radius 2 is 1.59 bits per heavy atom. The first-order valence-corrected chi connectivity index (χ1v) is 12.4. The number of anilines is 2. The summed E-state index contributed by atoms with van der Waals surface area (Å²) in [4.78, 5) is 12.4. The summed E-state index contributed by atoms with van der Waals surface area (Å²) < 4.78 is 17.4. The molecule has 0 aromatic heterocycles. The topological polar surface area (TPSA) is 68.8 Å². The third-order valence-corrected chi connectivity index (χ3v) is 5.71. The summed E-state index contributed by atoms with van der Waals surface area (Å²) in [7, 11) is 0. The van der Waals surface area contributed by atoms with Crippen LogP contribution in [-0.4, -0.2) is 19.1 Å². The summed E-state index contributed by atoms with van der Waals surface area (Å²) in [5.74, 6) is 2.38. The van der Waals surface area contributed by atoms with Gasteiger partial charge in [0.2, 0.25) is 0 Å². The second-order valence-electron chi connectivity index (χ2n) is 8.30. The molecule has 0 unspecified atom stereocenters. The normalized spacial score (nSPS) is 10.5. The average Bonchev–Trinajstić information content (AvgIpc) is 2.90. The molecule has 1 amide bonds. The Labute approximate surface area is 222 Å². The smallest absolute Gasteiger partial charge is 0.262 e. The maximum Gasteiger partial charge on any atom is 0.262 e. The fourth-order valence-corrected chi connectivity index (χ4v) is 3.75. The molecule has 4 aromatic rings. The summed E-state index contributed by atoms with van der Waals surface area (Å²) >= 11 is 6.04. The van der Waals surface area contributed by atoms with Gasteiger partial charge in [0.05, 0.1) is 6.61 Å². The molecule has 0 aliphatic carbocycles. The molecule has 4 aromatic carbocycles. The van der Waals surface area contributed by atoms with Crippen LogP contribution in [0.3, 0.4) is 0 Å². The van der Waals surface area contributed by atoms with Gasteiger partial charge in [0, 0.05) is 22.9 Å². The minimum atomic E-state index is -0.279. The van der Waals surface area contributed by atoms with Crippen LogP contribution in [-0.2, 0) is 11.3 Å². The lowest BCUT2D eigenvalue weighted by Crippen LogP contribution is -2.21. The SMILES string of the molecule is CCOc1cc(CNc2ccc(Oc3ccccc3)cc2)ccc1OCC(=O)Nc1cc(Cl)ccc1C. The van der Waals surface area contributed by atoms with Crippen LogP contribution in [0.1, 0.15) is 18.1 Å². The summed E-state index contributed by atoms with van der Waals surface area (Å²) in [6, 6.07) is 28.5. The van der Waals surface area contributed by atoms with Crippen molar-refractivity contribution in [1.82, 2.24) is 0 Å². The molecule has 0 atom stereocenters. The third kappa shape index (κ3) is 7.66. The maximum absolute atomic E-state index is 12.4. The number of ether oxygens (including phenoxy) is 3. The monoisotopic (exact) mass is 516 g/mol. The summed E-state index contributed by atoms with van der Waals surface area (Å²) in [6.07, 6.45) is 0. The number of aryl methyl sites for hydroxylation is 1. The zero-order valence-electron chi connectivity index (χ0n) is 20.8. The molecule has 0 fully saturated rings. The fourth-order valence-electron chi connectivity index (χ4n) is 3.58. The van der Waals surface area contributed by atoms with E-state index in [-0.39, 0.29) is 12.5 Å². The molecule has 0 saturated heterocycles. The number of carbonyl (C=O) groups excluding carboxylic acids is 1. The van der Waals surface area contributed by atoms with Gasteiger partial charge < -0.3 is 24.8 Å². The maximum atomic E-state index is 12.4. The van der Waals surface area contributed by atoms with Gasteiger partial charge in [-0.3, -0.25) is 4.79 Å². The number of hydrogen-bond donors (Lipinski definition) is 2. The number of benzene rings is 4. The molecule has 0 aliphatic rings. The second-order valence-corrected chi connectivity index (χ2v) is 8.74. The van der Waals surface area contributed by atoms with E-state index in [1.807, 2.05) is 92.7 Å². The zero-order valence-corrected chi connectivity index (χ0v) is 21.5. The Hall–Kier alpha value is -4.16. The van der Waals surface area contributed by atoms with Crippen LogP contribution in [0.5, 0.6) is 23.0 Å². The molecular weight excluding hydrogens is 488 g/mol. The molecule has 6 nitrogen and oxygen atoms in total. The highest BCUT2D eigenvalue weighted by atomic mass is 35.5. The van der Waals surface area contributed by atoms with Gasteiger partial charge in [-0.15, -0.1) is 0 Å². The van der Waals surface area contributed by atoms with E-state index in [2.05, 4.69) is 10.6 Å². The number of para-hydroxylation sites is 1. The van der Waals surface area contributed by atoms with Crippen LogP contribution in [0.2, 0.25) is 5.02 Å². The lowest BCUT2D eigenvalue weighted by Gasteiger charge is -2.15. The van der Waals surface area contributed by atoms with E-state index < -0.39 is 0 Å². The second kappa shape index (κ2) is 12.7. The van der Waals surface area contributed by atoms with Crippen LogP contribution in [0, 0.1) is 6.92 Å². The first-order chi connectivity index (χ1) is 18.0.